The molecule has 0 atom stereocenters. The molecule has 0 spiro atoms. The van der Waals surface area contributed by atoms with E-state index < -0.39 is 12.2 Å². The van der Waals surface area contributed by atoms with Gasteiger partial charge >= 0.3 is 0 Å². The molecule has 3 rings (SSSR count). The molecule has 0 aromatic heterocycles. The Bertz CT molecular complexity index is 584. The SMILES string of the molecule is NC(=O)c1ccccc1C1Oc2ccccc2O1. The summed E-state index contributed by atoms with van der Waals surface area (Å²) in [6.45, 7) is 0. The predicted molar refractivity (Wildman–Crippen MR) is 65.4 cm³/mol. The van der Waals surface area contributed by atoms with Crippen molar-refractivity contribution in [3.05, 3.63) is 59.7 Å². The molecule has 1 aliphatic rings. The first-order valence-electron chi connectivity index (χ1n) is 5.57. The third kappa shape index (κ3) is 1.68. The van der Waals surface area contributed by atoms with E-state index in [0.29, 0.717) is 22.6 Å². The van der Waals surface area contributed by atoms with E-state index >= 15 is 0 Å². The van der Waals surface area contributed by atoms with Gasteiger partial charge in [-0.1, -0.05) is 30.3 Å². The molecule has 0 fully saturated rings. The maximum Gasteiger partial charge on any atom is 0.268 e. The molecule has 0 bridgehead atoms. The molecule has 2 aromatic carbocycles. The van der Waals surface area contributed by atoms with Crippen LogP contribution in [0.15, 0.2) is 48.5 Å². The highest BCUT2D eigenvalue weighted by Gasteiger charge is 2.28. The molecule has 0 saturated heterocycles. The Labute approximate surface area is 104 Å². The van der Waals surface area contributed by atoms with Crippen molar-refractivity contribution in [3.8, 4) is 11.5 Å². The molecule has 4 heteroatoms. The summed E-state index contributed by atoms with van der Waals surface area (Å²) in [5.74, 6) is 0.845. The second kappa shape index (κ2) is 4.07. The second-order valence-corrected chi connectivity index (χ2v) is 3.97. The van der Waals surface area contributed by atoms with Crippen LogP contribution in [-0.2, 0) is 0 Å². The van der Waals surface area contributed by atoms with Gasteiger partial charge in [0.1, 0.15) is 0 Å². The van der Waals surface area contributed by atoms with E-state index in [1.807, 2.05) is 30.3 Å². The predicted octanol–water partition coefficient (Wildman–Crippen LogP) is 2.26. The van der Waals surface area contributed by atoms with Crippen molar-refractivity contribution in [2.24, 2.45) is 5.73 Å². The fourth-order valence-electron chi connectivity index (χ4n) is 1.95. The van der Waals surface area contributed by atoms with Gasteiger partial charge in [0.2, 0.25) is 5.91 Å². The summed E-state index contributed by atoms with van der Waals surface area (Å²) in [5.41, 5.74) is 6.39. The van der Waals surface area contributed by atoms with Gasteiger partial charge in [0, 0.05) is 11.1 Å². The minimum Gasteiger partial charge on any atom is -0.447 e. The molecule has 0 radical (unpaired) electrons. The number of primary amides is 1. The fourth-order valence-corrected chi connectivity index (χ4v) is 1.95. The molecule has 90 valence electrons. The topological polar surface area (TPSA) is 61.6 Å². The van der Waals surface area contributed by atoms with Gasteiger partial charge in [0.15, 0.2) is 11.5 Å². The van der Waals surface area contributed by atoms with Crippen LogP contribution in [-0.4, -0.2) is 5.91 Å². The molecule has 2 N–H and O–H groups in total. The summed E-state index contributed by atoms with van der Waals surface area (Å²) in [6.07, 6.45) is -0.619. The van der Waals surface area contributed by atoms with E-state index in [9.17, 15) is 4.79 Å². The highest BCUT2D eigenvalue weighted by atomic mass is 16.7. The minimum atomic E-state index is -0.619. The molecule has 0 saturated carbocycles. The van der Waals surface area contributed by atoms with E-state index in [1.165, 1.54) is 0 Å². The molecule has 1 aliphatic heterocycles. The zero-order valence-corrected chi connectivity index (χ0v) is 9.50. The summed E-state index contributed by atoms with van der Waals surface area (Å²) >= 11 is 0. The summed E-state index contributed by atoms with van der Waals surface area (Å²) < 4.78 is 11.3. The Morgan fingerprint density at radius 1 is 0.944 bits per heavy atom. The van der Waals surface area contributed by atoms with Crippen LogP contribution in [0, 0.1) is 0 Å². The van der Waals surface area contributed by atoms with E-state index in [1.54, 1.807) is 18.2 Å². The highest BCUT2D eigenvalue weighted by Crippen LogP contribution is 2.40. The van der Waals surface area contributed by atoms with Crippen LogP contribution >= 0.6 is 0 Å². The van der Waals surface area contributed by atoms with Gasteiger partial charge in [-0.3, -0.25) is 4.79 Å². The van der Waals surface area contributed by atoms with E-state index in [2.05, 4.69) is 0 Å². The molecule has 1 heterocycles. The first-order valence-corrected chi connectivity index (χ1v) is 5.57. The Morgan fingerprint density at radius 3 is 2.11 bits per heavy atom. The van der Waals surface area contributed by atoms with Crippen LogP contribution in [0.25, 0.3) is 0 Å². The van der Waals surface area contributed by atoms with Gasteiger partial charge in [-0.05, 0) is 18.2 Å². The molecule has 0 aliphatic carbocycles. The number of rotatable bonds is 2. The van der Waals surface area contributed by atoms with Crippen LogP contribution in [0.4, 0.5) is 0 Å². The molecular formula is C14H11NO3. The molecule has 0 unspecified atom stereocenters. The van der Waals surface area contributed by atoms with Crippen LogP contribution < -0.4 is 15.2 Å². The van der Waals surface area contributed by atoms with Gasteiger partial charge in [0.25, 0.3) is 6.29 Å². The maximum absolute atomic E-state index is 11.4. The number of fused-ring (bicyclic) bond motifs is 1. The Hall–Kier alpha value is -2.49. The van der Waals surface area contributed by atoms with Crippen molar-refractivity contribution in [1.29, 1.82) is 0 Å². The Kier molecular flexibility index (Phi) is 2.41. The Morgan fingerprint density at radius 2 is 1.50 bits per heavy atom. The number of carbonyl (C=O) groups is 1. The highest BCUT2D eigenvalue weighted by molar-refractivity contribution is 5.94. The lowest BCUT2D eigenvalue weighted by molar-refractivity contribution is 0.0475. The average Bonchev–Trinajstić information content (AvgIpc) is 2.82. The van der Waals surface area contributed by atoms with Crippen molar-refractivity contribution in [1.82, 2.24) is 0 Å². The number of amides is 1. The number of nitrogens with two attached hydrogens (primary N) is 1. The lowest BCUT2D eigenvalue weighted by Gasteiger charge is -2.13. The van der Waals surface area contributed by atoms with Crippen molar-refractivity contribution in [2.75, 3.05) is 0 Å². The first kappa shape index (κ1) is 10.7. The third-order valence-corrected chi connectivity index (χ3v) is 2.80. The zero-order valence-electron chi connectivity index (χ0n) is 9.50. The molecular weight excluding hydrogens is 230 g/mol. The van der Waals surface area contributed by atoms with Gasteiger partial charge in [0.05, 0.1) is 0 Å². The van der Waals surface area contributed by atoms with E-state index in [0.717, 1.165) is 0 Å². The monoisotopic (exact) mass is 241 g/mol. The van der Waals surface area contributed by atoms with Crippen LogP contribution in [0.1, 0.15) is 22.2 Å². The van der Waals surface area contributed by atoms with Crippen molar-refractivity contribution >= 4 is 5.91 Å². The van der Waals surface area contributed by atoms with Gasteiger partial charge < -0.3 is 15.2 Å². The van der Waals surface area contributed by atoms with Crippen LogP contribution in [0.2, 0.25) is 0 Å². The largest absolute Gasteiger partial charge is 0.447 e. The Balaban J connectivity index is 1.98. The smallest absolute Gasteiger partial charge is 0.268 e. The van der Waals surface area contributed by atoms with E-state index in [4.69, 9.17) is 15.2 Å². The first-order chi connectivity index (χ1) is 8.75. The summed E-state index contributed by atoms with van der Waals surface area (Å²) in [5, 5.41) is 0. The normalized spacial score (nSPS) is 13.6. The molecule has 18 heavy (non-hydrogen) atoms. The van der Waals surface area contributed by atoms with Crippen molar-refractivity contribution < 1.29 is 14.3 Å². The number of ether oxygens (including phenoxy) is 2. The number of hydrogen-bond acceptors (Lipinski definition) is 3. The summed E-state index contributed by atoms with van der Waals surface area (Å²) in [7, 11) is 0. The van der Waals surface area contributed by atoms with Crippen LogP contribution in [0.3, 0.4) is 0 Å². The lowest BCUT2D eigenvalue weighted by Crippen LogP contribution is -2.18. The van der Waals surface area contributed by atoms with Gasteiger partial charge in [-0.15, -0.1) is 0 Å². The van der Waals surface area contributed by atoms with Crippen LogP contribution in [0.5, 0.6) is 11.5 Å². The number of benzene rings is 2. The molecule has 2 aromatic rings. The minimum absolute atomic E-state index is 0.412. The molecule has 1 amide bonds. The third-order valence-electron chi connectivity index (χ3n) is 2.80. The van der Waals surface area contributed by atoms with Gasteiger partial charge in [-0.2, -0.15) is 0 Å². The fraction of sp³-hybridized carbons (Fsp3) is 0.0714. The quantitative estimate of drug-likeness (QED) is 0.877. The lowest BCUT2D eigenvalue weighted by atomic mass is 10.1. The van der Waals surface area contributed by atoms with Crippen molar-refractivity contribution in [2.45, 2.75) is 6.29 Å². The standard InChI is InChI=1S/C14H11NO3/c15-13(16)9-5-1-2-6-10(9)14-17-11-7-3-4-8-12(11)18-14/h1-8,14H,(H2,15,16). The average molecular weight is 241 g/mol. The number of carbonyl (C=O) groups excluding carboxylic acids is 1. The molecule has 4 nitrogen and oxygen atoms in total. The van der Waals surface area contributed by atoms with Crippen molar-refractivity contribution in [3.63, 3.8) is 0 Å². The zero-order chi connectivity index (χ0) is 12.5. The summed E-state index contributed by atoms with van der Waals surface area (Å²) in [6, 6.07) is 14.4. The number of para-hydroxylation sites is 2. The number of hydrogen-bond donors (Lipinski definition) is 1. The second-order valence-electron chi connectivity index (χ2n) is 3.97. The summed E-state index contributed by atoms with van der Waals surface area (Å²) in [4.78, 5) is 11.4. The van der Waals surface area contributed by atoms with E-state index in [-0.39, 0.29) is 0 Å². The maximum atomic E-state index is 11.4. The van der Waals surface area contributed by atoms with Gasteiger partial charge in [-0.25, -0.2) is 0 Å².